The molecule has 0 aliphatic heterocycles. The van der Waals surface area contributed by atoms with Gasteiger partial charge in [0.05, 0.1) is 10.0 Å². The number of carbonyl (C=O) groups excluding carboxylic acids is 2. The minimum Gasteiger partial charge on any atom is -0.452 e. The molecule has 0 spiro atoms. The van der Waals surface area contributed by atoms with E-state index >= 15 is 0 Å². The third kappa shape index (κ3) is 5.77. The number of amides is 1. The van der Waals surface area contributed by atoms with Gasteiger partial charge in [0.25, 0.3) is 5.91 Å². The third-order valence-corrected chi connectivity index (χ3v) is 3.50. The van der Waals surface area contributed by atoms with Gasteiger partial charge in [-0.3, -0.25) is 4.79 Å². The molecule has 2 aromatic carbocycles. The predicted molar refractivity (Wildman–Crippen MR) is 91.5 cm³/mol. The molecule has 0 unspecified atom stereocenters. The molecule has 1 amide bonds. The number of para-hydroxylation sites is 1. The number of ether oxygens (including phenoxy) is 1. The Kier molecular flexibility index (Phi) is 6.20. The van der Waals surface area contributed by atoms with Crippen LogP contribution in [-0.2, 0) is 14.3 Å². The van der Waals surface area contributed by atoms with Crippen LogP contribution in [0.4, 0.5) is 5.69 Å². The highest BCUT2D eigenvalue weighted by molar-refractivity contribution is 6.42. The Morgan fingerprint density at radius 2 is 1.78 bits per heavy atom. The SMILES string of the molecule is O=C(COC(=O)C=Cc1ccc(Cl)c(Cl)c1)Nc1ccccc1. The van der Waals surface area contributed by atoms with Gasteiger partial charge >= 0.3 is 5.97 Å². The van der Waals surface area contributed by atoms with E-state index in [1.165, 1.54) is 12.2 Å². The molecule has 0 radical (unpaired) electrons. The van der Waals surface area contributed by atoms with Gasteiger partial charge in [0.15, 0.2) is 6.61 Å². The Labute approximate surface area is 143 Å². The summed E-state index contributed by atoms with van der Waals surface area (Å²) >= 11 is 11.7. The van der Waals surface area contributed by atoms with Gasteiger partial charge in [-0.2, -0.15) is 0 Å². The lowest BCUT2D eigenvalue weighted by atomic mass is 10.2. The Balaban J connectivity index is 1.81. The zero-order chi connectivity index (χ0) is 16.7. The molecular formula is C17H13Cl2NO3. The Morgan fingerprint density at radius 3 is 2.48 bits per heavy atom. The van der Waals surface area contributed by atoms with Crippen molar-refractivity contribution in [1.29, 1.82) is 0 Å². The smallest absolute Gasteiger partial charge is 0.331 e. The van der Waals surface area contributed by atoms with Crippen molar-refractivity contribution in [3.63, 3.8) is 0 Å². The molecule has 0 saturated carbocycles. The second-order valence-corrected chi connectivity index (χ2v) is 5.34. The predicted octanol–water partition coefficient (Wildman–Crippen LogP) is 4.19. The average Bonchev–Trinajstić information content (AvgIpc) is 2.55. The van der Waals surface area contributed by atoms with Gasteiger partial charge in [0, 0.05) is 11.8 Å². The molecule has 0 saturated heterocycles. The van der Waals surface area contributed by atoms with Crippen LogP contribution in [-0.4, -0.2) is 18.5 Å². The Morgan fingerprint density at radius 1 is 1.04 bits per heavy atom. The van der Waals surface area contributed by atoms with Gasteiger partial charge in [-0.15, -0.1) is 0 Å². The summed E-state index contributed by atoms with van der Waals surface area (Å²) in [6.45, 7) is -0.362. The van der Waals surface area contributed by atoms with Crippen LogP contribution in [0, 0.1) is 0 Å². The van der Waals surface area contributed by atoms with Crippen molar-refractivity contribution >= 4 is 46.8 Å². The number of halogens is 2. The summed E-state index contributed by atoms with van der Waals surface area (Å²) < 4.78 is 4.85. The van der Waals surface area contributed by atoms with E-state index in [1.54, 1.807) is 42.5 Å². The van der Waals surface area contributed by atoms with E-state index in [0.717, 1.165) is 0 Å². The summed E-state index contributed by atoms with van der Waals surface area (Å²) in [6.07, 6.45) is 2.75. The summed E-state index contributed by atoms with van der Waals surface area (Å²) in [5.74, 6) is -1.04. The molecular weight excluding hydrogens is 337 g/mol. The van der Waals surface area contributed by atoms with Crippen molar-refractivity contribution in [3.8, 4) is 0 Å². The zero-order valence-corrected chi connectivity index (χ0v) is 13.5. The maximum Gasteiger partial charge on any atom is 0.331 e. The normalized spacial score (nSPS) is 10.5. The number of anilines is 1. The molecule has 0 heterocycles. The first-order valence-electron chi connectivity index (χ1n) is 6.69. The lowest BCUT2D eigenvalue weighted by Crippen LogP contribution is -2.20. The fraction of sp³-hybridized carbons (Fsp3) is 0.0588. The highest BCUT2D eigenvalue weighted by Crippen LogP contribution is 2.23. The quantitative estimate of drug-likeness (QED) is 0.650. The van der Waals surface area contributed by atoms with Gasteiger partial charge in [-0.05, 0) is 35.9 Å². The molecule has 0 aromatic heterocycles. The molecule has 2 rings (SSSR count). The summed E-state index contributed by atoms with van der Waals surface area (Å²) in [6, 6.07) is 13.9. The van der Waals surface area contributed by atoms with Gasteiger partial charge in [0.1, 0.15) is 0 Å². The highest BCUT2D eigenvalue weighted by atomic mass is 35.5. The molecule has 0 bridgehead atoms. The standard InChI is InChI=1S/C17H13Cl2NO3/c18-14-8-6-12(10-15(14)19)7-9-17(22)23-11-16(21)20-13-4-2-1-3-5-13/h1-10H,11H2,(H,20,21). The molecule has 0 aliphatic rings. The summed E-state index contributed by atoms with van der Waals surface area (Å²) in [7, 11) is 0. The third-order valence-electron chi connectivity index (χ3n) is 2.76. The molecule has 0 atom stereocenters. The topological polar surface area (TPSA) is 55.4 Å². The molecule has 1 N–H and O–H groups in total. The Bertz CT molecular complexity index is 730. The first-order chi connectivity index (χ1) is 11.0. The first kappa shape index (κ1) is 17.1. The van der Waals surface area contributed by atoms with Crippen molar-refractivity contribution in [2.75, 3.05) is 11.9 Å². The first-order valence-corrected chi connectivity index (χ1v) is 7.45. The fourth-order valence-corrected chi connectivity index (χ4v) is 1.99. The number of nitrogens with one attached hydrogen (secondary N) is 1. The van der Waals surface area contributed by atoms with E-state index in [1.807, 2.05) is 6.07 Å². The van der Waals surface area contributed by atoms with Crippen LogP contribution >= 0.6 is 23.2 Å². The van der Waals surface area contributed by atoms with Gasteiger partial charge in [-0.1, -0.05) is 47.5 Å². The average molecular weight is 350 g/mol. The van der Waals surface area contributed by atoms with Crippen molar-refractivity contribution in [2.24, 2.45) is 0 Å². The second kappa shape index (κ2) is 8.36. The minimum atomic E-state index is -0.626. The van der Waals surface area contributed by atoms with E-state index in [2.05, 4.69) is 5.32 Å². The largest absolute Gasteiger partial charge is 0.452 e. The van der Waals surface area contributed by atoms with Gasteiger partial charge in [-0.25, -0.2) is 4.79 Å². The highest BCUT2D eigenvalue weighted by Gasteiger charge is 2.05. The number of benzene rings is 2. The lowest BCUT2D eigenvalue weighted by Gasteiger charge is -2.04. The lowest BCUT2D eigenvalue weighted by molar-refractivity contribution is -0.142. The van der Waals surface area contributed by atoms with E-state index in [4.69, 9.17) is 27.9 Å². The summed E-state index contributed by atoms with van der Waals surface area (Å²) in [4.78, 5) is 23.2. The van der Waals surface area contributed by atoms with Crippen LogP contribution in [0.1, 0.15) is 5.56 Å². The van der Waals surface area contributed by atoms with Crippen LogP contribution in [0.15, 0.2) is 54.6 Å². The molecule has 118 valence electrons. The van der Waals surface area contributed by atoms with E-state index in [9.17, 15) is 9.59 Å². The molecule has 6 heteroatoms. The van der Waals surface area contributed by atoms with Crippen LogP contribution in [0.5, 0.6) is 0 Å². The number of carbonyl (C=O) groups is 2. The van der Waals surface area contributed by atoms with Crippen LogP contribution in [0.3, 0.4) is 0 Å². The molecule has 0 fully saturated rings. The van der Waals surface area contributed by atoms with Crippen LogP contribution < -0.4 is 5.32 Å². The number of hydrogen-bond acceptors (Lipinski definition) is 3. The monoisotopic (exact) mass is 349 g/mol. The summed E-state index contributed by atoms with van der Waals surface area (Å²) in [5, 5.41) is 3.44. The second-order valence-electron chi connectivity index (χ2n) is 4.53. The summed E-state index contributed by atoms with van der Waals surface area (Å²) in [5.41, 5.74) is 1.34. The molecule has 4 nitrogen and oxygen atoms in total. The molecule has 0 aliphatic carbocycles. The fourth-order valence-electron chi connectivity index (χ4n) is 1.68. The zero-order valence-electron chi connectivity index (χ0n) is 12.0. The molecule has 23 heavy (non-hydrogen) atoms. The number of hydrogen-bond donors (Lipinski definition) is 1. The number of esters is 1. The maximum absolute atomic E-state index is 11.6. The van der Waals surface area contributed by atoms with Crippen LogP contribution in [0.2, 0.25) is 10.0 Å². The van der Waals surface area contributed by atoms with Crippen molar-refractivity contribution < 1.29 is 14.3 Å². The van der Waals surface area contributed by atoms with Crippen molar-refractivity contribution in [1.82, 2.24) is 0 Å². The van der Waals surface area contributed by atoms with Gasteiger partial charge in [0.2, 0.25) is 0 Å². The van der Waals surface area contributed by atoms with Gasteiger partial charge < -0.3 is 10.1 Å². The molecule has 2 aromatic rings. The maximum atomic E-state index is 11.6. The minimum absolute atomic E-state index is 0.362. The van der Waals surface area contributed by atoms with Crippen molar-refractivity contribution in [3.05, 3.63) is 70.2 Å². The Hall–Kier alpha value is -2.30. The van der Waals surface area contributed by atoms with Crippen molar-refractivity contribution in [2.45, 2.75) is 0 Å². The number of rotatable bonds is 5. The van der Waals surface area contributed by atoms with E-state index in [0.29, 0.717) is 21.3 Å². The van der Waals surface area contributed by atoms with Crippen LogP contribution in [0.25, 0.3) is 6.08 Å². The van der Waals surface area contributed by atoms with E-state index < -0.39 is 11.9 Å². The van der Waals surface area contributed by atoms with E-state index in [-0.39, 0.29) is 6.61 Å².